The van der Waals surface area contributed by atoms with Crippen LogP contribution in [0.15, 0.2) is 47.4 Å². The summed E-state index contributed by atoms with van der Waals surface area (Å²) in [4.78, 5) is 30.3. The molecule has 4 rings (SSSR count). The molecule has 1 aromatic carbocycles. The van der Waals surface area contributed by atoms with Crippen LogP contribution in [-0.2, 0) is 13.6 Å². The third-order valence-electron chi connectivity index (χ3n) is 6.22. The molecule has 1 saturated carbocycles. The monoisotopic (exact) mass is 497 g/mol. The number of nitrogens with zero attached hydrogens (tertiary/aromatic N) is 3. The Morgan fingerprint density at radius 1 is 1.20 bits per heavy atom. The first-order valence-electron chi connectivity index (χ1n) is 11.7. The summed E-state index contributed by atoms with van der Waals surface area (Å²) in [7, 11) is 1.66. The molecule has 0 aliphatic heterocycles. The van der Waals surface area contributed by atoms with Gasteiger partial charge < -0.3 is 20.8 Å². The first-order valence-corrected chi connectivity index (χ1v) is 12.5. The molecule has 188 valence electrons. The van der Waals surface area contributed by atoms with Crippen molar-refractivity contribution in [3.63, 3.8) is 0 Å². The lowest BCUT2D eigenvalue weighted by Crippen LogP contribution is -2.32. The summed E-state index contributed by atoms with van der Waals surface area (Å²) in [6.07, 6.45) is 3.86. The molecular formula is C26H35N5O3S. The Hall–Kier alpha value is -2.88. The number of hydrogen-bond donors (Lipinski definition) is 2. The lowest BCUT2D eigenvalue weighted by atomic mass is 10.1. The van der Waals surface area contributed by atoms with E-state index in [2.05, 4.69) is 28.5 Å². The molecule has 0 unspecified atom stereocenters. The van der Waals surface area contributed by atoms with Crippen LogP contribution in [0.4, 0.5) is 0 Å². The normalized spacial score (nSPS) is 14.0. The van der Waals surface area contributed by atoms with Gasteiger partial charge in [0.1, 0.15) is 17.7 Å². The third-order valence-corrected chi connectivity index (χ3v) is 7.91. The standard InChI is InChI=1S/C26H32N4O3S.H3N/c1-5-30(6-2)34-26(12-13-26)17-33-24-22-20(11-14-27-24)15-21(25(32)29(22)4)23(31)28-16-19-9-7-18(3)8-10-19;/h7-11,14-15H,5-6,12-13,16-17H2,1-4H3,(H,28,31);1H3. The summed E-state index contributed by atoms with van der Waals surface area (Å²) < 4.78 is 10.0. The molecule has 4 N–H and O–H groups in total. The van der Waals surface area contributed by atoms with Crippen molar-refractivity contribution in [3.8, 4) is 5.88 Å². The molecule has 8 nitrogen and oxygen atoms in total. The van der Waals surface area contributed by atoms with Crippen LogP contribution in [0.5, 0.6) is 5.88 Å². The average Bonchev–Trinajstić information content (AvgIpc) is 3.62. The minimum atomic E-state index is -0.394. The summed E-state index contributed by atoms with van der Waals surface area (Å²) in [6, 6.07) is 11.4. The van der Waals surface area contributed by atoms with Crippen LogP contribution in [-0.4, -0.2) is 44.2 Å². The van der Waals surface area contributed by atoms with Crippen LogP contribution in [0, 0.1) is 6.92 Å². The van der Waals surface area contributed by atoms with E-state index in [-0.39, 0.29) is 22.0 Å². The van der Waals surface area contributed by atoms with Gasteiger partial charge in [-0.15, -0.1) is 0 Å². The number of benzene rings is 1. The van der Waals surface area contributed by atoms with Crippen molar-refractivity contribution < 1.29 is 9.53 Å². The van der Waals surface area contributed by atoms with E-state index in [0.29, 0.717) is 24.5 Å². The zero-order valence-electron chi connectivity index (χ0n) is 21.0. The second-order valence-corrected chi connectivity index (χ2v) is 10.4. The number of rotatable bonds is 10. The largest absolute Gasteiger partial charge is 0.475 e. The number of pyridine rings is 2. The number of nitrogens with one attached hydrogen (secondary N) is 1. The molecule has 0 bridgehead atoms. The van der Waals surface area contributed by atoms with Gasteiger partial charge in [0.15, 0.2) is 0 Å². The highest BCUT2D eigenvalue weighted by Gasteiger charge is 2.46. The van der Waals surface area contributed by atoms with E-state index in [1.54, 1.807) is 25.4 Å². The fraction of sp³-hybridized carbons (Fsp3) is 0.423. The zero-order chi connectivity index (χ0) is 24.3. The van der Waals surface area contributed by atoms with Crippen molar-refractivity contribution in [1.29, 1.82) is 0 Å². The summed E-state index contributed by atoms with van der Waals surface area (Å²) >= 11 is 1.86. The van der Waals surface area contributed by atoms with Gasteiger partial charge in [0.2, 0.25) is 5.88 Å². The second-order valence-electron chi connectivity index (χ2n) is 8.82. The molecule has 0 atom stereocenters. The Bertz CT molecular complexity index is 1230. The van der Waals surface area contributed by atoms with Gasteiger partial charge in [-0.1, -0.05) is 55.6 Å². The molecule has 0 radical (unpaired) electrons. The molecule has 0 saturated heterocycles. The third kappa shape index (κ3) is 6.04. The molecular weight excluding hydrogens is 462 g/mol. The fourth-order valence-electron chi connectivity index (χ4n) is 3.88. The number of aryl methyl sites for hydroxylation is 2. The Morgan fingerprint density at radius 3 is 2.51 bits per heavy atom. The van der Waals surface area contributed by atoms with Gasteiger partial charge in [0.25, 0.3) is 11.5 Å². The Morgan fingerprint density at radius 2 is 1.89 bits per heavy atom. The van der Waals surface area contributed by atoms with Crippen molar-refractivity contribution in [2.45, 2.75) is 44.9 Å². The van der Waals surface area contributed by atoms with Gasteiger partial charge in [-0.2, -0.15) is 0 Å². The number of ether oxygens (including phenoxy) is 1. The zero-order valence-corrected chi connectivity index (χ0v) is 21.8. The maximum Gasteiger partial charge on any atom is 0.263 e. The topological polar surface area (TPSA) is 111 Å². The van der Waals surface area contributed by atoms with E-state index in [0.717, 1.165) is 42.4 Å². The van der Waals surface area contributed by atoms with Crippen LogP contribution >= 0.6 is 11.9 Å². The molecule has 1 aliphatic rings. The van der Waals surface area contributed by atoms with E-state index < -0.39 is 5.91 Å². The van der Waals surface area contributed by atoms with E-state index in [1.807, 2.05) is 43.1 Å². The lowest BCUT2D eigenvalue weighted by molar-refractivity contribution is 0.0949. The van der Waals surface area contributed by atoms with Crippen LogP contribution in [0.3, 0.4) is 0 Å². The van der Waals surface area contributed by atoms with Gasteiger partial charge in [-0.05, 0) is 37.5 Å². The minimum Gasteiger partial charge on any atom is -0.475 e. The Balaban J connectivity index is 0.00000342. The molecule has 1 aliphatic carbocycles. The second kappa shape index (κ2) is 11.2. The SMILES string of the molecule is CCN(CC)SC1(COc2nccc3cc(C(=O)NCc4ccc(C)cc4)c(=O)n(C)c23)CC1.N. The van der Waals surface area contributed by atoms with E-state index in [9.17, 15) is 9.59 Å². The summed E-state index contributed by atoms with van der Waals surface area (Å²) in [6.45, 7) is 9.19. The number of aromatic nitrogens is 2. The maximum atomic E-state index is 13.1. The van der Waals surface area contributed by atoms with Gasteiger partial charge in [-0.25, -0.2) is 4.98 Å². The number of fused-ring (bicyclic) bond motifs is 1. The number of carbonyl (C=O) groups is 1. The highest BCUT2D eigenvalue weighted by Crippen LogP contribution is 2.50. The first kappa shape index (κ1) is 26.7. The van der Waals surface area contributed by atoms with Gasteiger partial charge >= 0.3 is 0 Å². The molecule has 1 amide bonds. The van der Waals surface area contributed by atoms with Crippen molar-refractivity contribution in [1.82, 2.24) is 25.3 Å². The molecule has 0 spiro atoms. The predicted octanol–water partition coefficient (Wildman–Crippen LogP) is 4.24. The van der Waals surface area contributed by atoms with Crippen molar-refractivity contribution >= 4 is 28.8 Å². The maximum absolute atomic E-state index is 13.1. The fourth-order valence-corrected chi connectivity index (χ4v) is 5.08. The van der Waals surface area contributed by atoms with Crippen LogP contribution in [0.25, 0.3) is 10.9 Å². The molecule has 1 fully saturated rings. The highest BCUT2D eigenvalue weighted by atomic mass is 32.2. The summed E-state index contributed by atoms with van der Waals surface area (Å²) in [5.41, 5.74) is 2.48. The van der Waals surface area contributed by atoms with Gasteiger partial charge in [0, 0.05) is 38.3 Å². The minimum absolute atomic E-state index is 0. The number of amides is 1. The molecule has 2 heterocycles. The van der Waals surface area contributed by atoms with Crippen LogP contribution < -0.4 is 21.8 Å². The highest BCUT2D eigenvalue weighted by molar-refractivity contribution is 7.98. The predicted molar refractivity (Wildman–Crippen MR) is 142 cm³/mol. The number of carbonyl (C=O) groups excluding carboxylic acids is 1. The van der Waals surface area contributed by atoms with Crippen molar-refractivity contribution in [3.05, 3.63) is 69.6 Å². The summed E-state index contributed by atoms with van der Waals surface area (Å²) in [5.74, 6) is 0.0325. The van der Waals surface area contributed by atoms with Gasteiger partial charge in [0.05, 0.1) is 4.75 Å². The quantitative estimate of drug-likeness (QED) is 0.403. The van der Waals surface area contributed by atoms with Crippen LogP contribution in [0.1, 0.15) is 48.2 Å². The van der Waals surface area contributed by atoms with Gasteiger partial charge in [-0.3, -0.25) is 13.9 Å². The smallest absolute Gasteiger partial charge is 0.263 e. The molecule has 2 aromatic heterocycles. The average molecular weight is 498 g/mol. The van der Waals surface area contributed by atoms with Crippen molar-refractivity contribution in [2.75, 3.05) is 19.7 Å². The van der Waals surface area contributed by atoms with E-state index in [4.69, 9.17) is 4.74 Å². The Kier molecular flexibility index (Phi) is 8.58. The van der Waals surface area contributed by atoms with Crippen molar-refractivity contribution in [2.24, 2.45) is 7.05 Å². The first-order chi connectivity index (χ1) is 16.4. The molecule has 35 heavy (non-hydrogen) atoms. The van der Waals surface area contributed by atoms with Crippen LogP contribution in [0.2, 0.25) is 0 Å². The summed E-state index contributed by atoms with van der Waals surface area (Å²) in [5, 5.41) is 3.60. The van der Waals surface area contributed by atoms with E-state index in [1.165, 1.54) is 4.57 Å². The molecule has 3 aromatic rings. The lowest BCUT2D eigenvalue weighted by Gasteiger charge is -2.24. The number of hydrogen-bond acceptors (Lipinski definition) is 7. The van der Waals surface area contributed by atoms with E-state index >= 15 is 0 Å². The molecule has 9 heteroatoms. The Labute approximate surface area is 210 Å².